The van der Waals surface area contributed by atoms with Crippen molar-refractivity contribution < 1.29 is 4.79 Å². The van der Waals surface area contributed by atoms with Crippen molar-refractivity contribution >= 4 is 23.4 Å². The largest absolute Gasteiger partial charge is 0.325 e. The first kappa shape index (κ1) is 15.3. The second kappa shape index (κ2) is 8.27. The van der Waals surface area contributed by atoms with Crippen LogP contribution in [0.5, 0.6) is 0 Å². The molecule has 2 heterocycles. The summed E-state index contributed by atoms with van der Waals surface area (Å²) in [5.41, 5.74) is 0.774. The van der Waals surface area contributed by atoms with Crippen molar-refractivity contribution in [3.63, 3.8) is 0 Å². The molecule has 2 rings (SSSR count). The van der Waals surface area contributed by atoms with Gasteiger partial charge in [0.05, 0.1) is 11.9 Å². The van der Waals surface area contributed by atoms with Crippen molar-refractivity contribution in [2.24, 2.45) is 5.92 Å². The van der Waals surface area contributed by atoms with Gasteiger partial charge in [-0.15, -0.1) is 0 Å². The molecule has 0 aliphatic carbocycles. The van der Waals surface area contributed by atoms with Gasteiger partial charge in [-0.1, -0.05) is 0 Å². The van der Waals surface area contributed by atoms with E-state index in [0.29, 0.717) is 6.42 Å². The normalized spacial score (nSPS) is 17.1. The van der Waals surface area contributed by atoms with Crippen LogP contribution in [0.15, 0.2) is 24.5 Å². The number of anilines is 1. The Kier molecular flexibility index (Phi) is 6.33. The fraction of sp³-hybridized carbons (Fsp3) is 0.600. The number of rotatable bonds is 6. The van der Waals surface area contributed by atoms with Gasteiger partial charge in [0.15, 0.2) is 0 Å². The van der Waals surface area contributed by atoms with Gasteiger partial charge in [0.1, 0.15) is 0 Å². The number of nitrogens with one attached hydrogen (secondary N) is 1. The topological polar surface area (TPSA) is 45.2 Å². The lowest BCUT2D eigenvalue weighted by Crippen LogP contribution is -2.36. The number of piperidine rings is 1. The van der Waals surface area contributed by atoms with Crippen molar-refractivity contribution in [3.8, 4) is 0 Å². The summed E-state index contributed by atoms with van der Waals surface area (Å²) >= 11 is 1.94. The Morgan fingerprint density at radius 2 is 2.30 bits per heavy atom. The smallest absolute Gasteiger partial charge is 0.225 e. The molecule has 0 spiro atoms. The lowest BCUT2D eigenvalue weighted by atomic mass is 9.99. The highest BCUT2D eigenvalue weighted by Crippen LogP contribution is 2.20. The Morgan fingerprint density at radius 3 is 2.95 bits per heavy atom. The van der Waals surface area contributed by atoms with Crippen molar-refractivity contribution in [1.82, 2.24) is 9.88 Å². The Bertz CT molecular complexity index is 405. The number of carbonyl (C=O) groups is 1. The van der Waals surface area contributed by atoms with E-state index in [9.17, 15) is 4.79 Å². The summed E-state index contributed by atoms with van der Waals surface area (Å²) in [5, 5.41) is 2.88. The number of carbonyl (C=O) groups excluding carboxylic acids is 1. The van der Waals surface area contributed by atoms with Crippen LogP contribution in [-0.4, -0.2) is 47.4 Å². The van der Waals surface area contributed by atoms with Gasteiger partial charge in [-0.05, 0) is 56.0 Å². The number of hydrogen-bond acceptors (Lipinski definition) is 4. The van der Waals surface area contributed by atoms with E-state index in [0.717, 1.165) is 31.2 Å². The Morgan fingerprint density at radius 1 is 1.50 bits per heavy atom. The molecule has 1 aliphatic heterocycles. The van der Waals surface area contributed by atoms with Crippen LogP contribution in [0.2, 0.25) is 0 Å². The summed E-state index contributed by atoms with van der Waals surface area (Å²) in [6.45, 7) is 3.12. The van der Waals surface area contributed by atoms with E-state index in [2.05, 4.69) is 21.5 Å². The molecule has 0 atom stereocenters. The number of thioether (sulfide) groups is 1. The number of hydrogen-bond donors (Lipinski definition) is 1. The summed E-state index contributed by atoms with van der Waals surface area (Å²) in [7, 11) is 0. The zero-order valence-corrected chi connectivity index (χ0v) is 12.9. The maximum absolute atomic E-state index is 11.9. The van der Waals surface area contributed by atoms with Crippen LogP contribution >= 0.6 is 11.8 Å². The van der Waals surface area contributed by atoms with E-state index in [1.165, 1.54) is 18.6 Å². The first-order chi connectivity index (χ1) is 9.78. The molecule has 1 aromatic heterocycles. The quantitative estimate of drug-likeness (QED) is 0.875. The molecular weight excluding hydrogens is 270 g/mol. The molecule has 0 unspecified atom stereocenters. The molecule has 4 nitrogen and oxygen atoms in total. The average molecular weight is 293 g/mol. The Hall–Kier alpha value is -1.07. The molecule has 1 fully saturated rings. The van der Waals surface area contributed by atoms with Gasteiger partial charge in [0.2, 0.25) is 5.91 Å². The lowest BCUT2D eigenvalue weighted by Gasteiger charge is -2.31. The van der Waals surface area contributed by atoms with Crippen molar-refractivity contribution in [2.75, 3.05) is 37.0 Å². The van der Waals surface area contributed by atoms with Crippen LogP contribution in [0.3, 0.4) is 0 Å². The maximum atomic E-state index is 11.9. The molecule has 1 saturated heterocycles. The minimum atomic E-state index is 0.0734. The van der Waals surface area contributed by atoms with Crippen LogP contribution in [0.1, 0.15) is 19.3 Å². The van der Waals surface area contributed by atoms with Crippen LogP contribution in [0.4, 0.5) is 5.69 Å². The van der Waals surface area contributed by atoms with Crippen LogP contribution in [0.25, 0.3) is 0 Å². The lowest BCUT2D eigenvalue weighted by molar-refractivity contribution is -0.116. The fourth-order valence-corrected chi connectivity index (χ4v) is 3.34. The highest BCUT2D eigenvalue weighted by atomic mass is 32.2. The number of nitrogens with zero attached hydrogens (tertiary/aromatic N) is 2. The number of amides is 1. The molecule has 1 aromatic rings. The zero-order chi connectivity index (χ0) is 14.2. The summed E-state index contributed by atoms with van der Waals surface area (Å²) in [4.78, 5) is 18.2. The SMILES string of the molecule is CSCC1CCN(CCC(=O)Nc2cccnc2)CC1. The van der Waals surface area contributed by atoms with Gasteiger partial charge in [0.25, 0.3) is 0 Å². The number of pyridine rings is 1. The second-order valence-corrected chi connectivity index (χ2v) is 6.19. The van der Waals surface area contributed by atoms with Crippen molar-refractivity contribution in [2.45, 2.75) is 19.3 Å². The predicted octanol–water partition coefficient (Wildman–Crippen LogP) is 2.49. The van der Waals surface area contributed by atoms with E-state index in [-0.39, 0.29) is 5.91 Å². The molecule has 1 N–H and O–H groups in total. The van der Waals surface area contributed by atoms with Crippen LogP contribution < -0.4 is 5.32 Å². The standard InChI is InChI=1S/C15H23N3OS/c1-20-12-13-4-8-18(9-5-13)10-6-15(19)17-14-3-2-7-16-11-14/h2-3,7,11,13H,4-6,8-10,12H2,1H3,(H,17,19). The van der Waals surface area contributed by atoms with Gasteiger partial charge < -0.3 is 10.2 Å². The van der Waals surface area contributed by atoms with Gasteiger partial charge in [-0.3, -0.25) is 9.78 Å². The molecule has 0 bridgehead atoms. The van der Waals surface area contributed by atoms with E-state index in [1.54, 1.807) is 12.4 Å². The van der Waals surface area contributed by atoms with Crippen molar-refractivity contribution in [3.05, 3.63) is 24.5 Å². The van der Waals surface area contributed by atoms with Crippen molar-refractivity contribution in [1.29, 1.82) is 0 Å². The van der Waals surface area contributed by atoms with E-state index >= 15 is 0 Å². The Labute approximate surface area is 125 Å². The summed E-state index contributed by atoms with van der Waals surface area (Å²) in [6.07, 6.45) is 8.65. The highest BCUT2D eigenvalue weighted by molar-refractivity contribution is 7.98. The van der Waals surface area contributed by atoms with E-state index in [4.69, 9.17) is 0 Å². The molecule has 1 amide bonds. The Balaban J connectivity index is 1.64. The zero-order valence-electron chi connectivity index (χ0n) is 12.0. The molecular formula is C15H23N3OS. The molecule has 110 valence electrons. The predicted molar refractivity (Wildman–Crippen MR) is 85.0 cm³/mol. The number of aromatic nitrogens is 1. The maximum Gasteiger partial charge on any atom is 0.225 e. The molecule has 20 heavy (non-hydrogen) atoms. The highest BCUT2D eigenvalue weighted by Gasteiger charge is 2.18. The molecule has 5 heteroatoms. The van der Waals surface area contributed by atoms with Crippen LogP contribution in [-0.2, 0) is 4.79 Å². The monoisotopic (exact) mass is 293 g/mol. The second-order valence-electron chi connectivity index (χ2n) is 5.28. The summed E-state index contributed by atoms with van der Waals surface area (Å²) in [5.74, 6) is 2.21. The first-order valence-corrected chi connectivity index (χ1v) is 8.58. The van der Waals surface area contributed by atoms with E-state index < -0.39 is 0 Å². The minimum Gasteiger partial charge on any atom is -0.325 e. The van der Waals surface area contributed by atoms with E-state index in [1.807, 2.05) is 23.9 Å². The van der Waals surface area contributed by atoms with Gasteiger partial charge in [-0.25, -0.2) is 0 Å². The summed E-state index contributed by atoms with van der Waals surface area (Å²) < 4.78 is 0. The molecule has 0 saturated carbocycles. The van der Waals surface area contributed by atoms with Gasteiger partial charge >= 0.3 is 0 Å². The first-order valence-electron chi connectivity index (χ1n) is 7.19. The number of likely N-dealkylation sites (tertiary alicyclic amines) is 1. The molecule has 0 aromatic carbocycles. The molecule has 1 aliphatic rings. The minimum absolute atomic E-state index is 0.0734. The van der Waals surface area contributed by atoms with Crippen LogP contribution in [0, 0.1) is 5.92 Å². The summed E-state index contributed by atoms with van der Waals surface area (Å²) in [6, 6.07) is 3.69. The van der Waals surface area contributed by atoms with Gasteiger partial charge in [0, 0.05) is 19.2 Å². The third kappa shape index (κ3) is 5.13. The third-order valence-electron chi connectivity index (χ3n) is 3.71. The molecule has 0 radical (unpaired) electrons. The average Bonchev–Trinajstić information content (AvgIpc) is 2.48. The fourth-order valence-electron chi connectivity index (χ4n) is 2.53. The third-order valence-corrected chi connectivity index (χ3v) is 4.51. The van der Waals surface area contributed by atoms with Gasteiger partial charge in [-0.2, -0.15) is 11.8 Å².